The molecule has 0 amide bonds. The van der Waals surface area contributed by atoms with Crippen LogP contribution in [-0.2, 0) is 4.57 Å². The van der Waals surface area contributed by atoms with Crippen LogP contribution < -0.4 is 10.6 Å². The highest BCUT2D eigenvalue weighted by Gasteiger charge is 2.28. The molecular formula is C18H23OP. The van der Waals surface area contributed by atoms with E-state index in [4.69, 9.17) is 0 Å². The van der Waals surface area contributed by atoms with E-state index in [1.165, 1.54) is 0 Å². The standard InChI is InChI=1S/C18H23OP/c1-3-10-16(2)15-20(19,17-11-6-4-7-12-17)18-13-8-5-9-14-18/h4-9,11-14,16H,3,10,15H2,1-2H3. The van der Waals surface area contributed by atoms with Crippen molar-refractivity contribution in [2.24, 2.45) is 5.92 Å². The molecule has 2 aromatic carbocycles. The Bertz CT molecular complexity index is 519. The first kappa shape index (κ1) is 15.1. The molecule has 0 radical (unpaired) electrons. The van der Waals surface area contributed by atoms with Crippen LogP contribution in [0.25, 0.3) is 0 Å². The second kappa shape index (κ2) is 6.90. The van der Waals surface area contributed by atoms with E-state index in [2.05, 4.69) is 13.8 Å². The molecular weight excluding hydrogens is 263 g/mol. The van der Waals surface area contributed by atoms with E-state index in [9.17, 15) is 4.57 Å². The lowest BCUT2D eigenvalue weighted by Gasteiger charge is -2.22. The largest absolute Gasteiger partial charge is 0.314 e. The van der Waals surface area contributed by atoms with Crippen molar-refractivity contribution >= 4 is 17.8 Å². The van der Waals surface area contributed by atoms with Gasteiger partial charge in [0.2, 0.25) is 0 Å². The Labute approximate surface area is 122 Å². The molecule has 106 valence electrons. The lowest BCUT2D eigenvalue weighted by molar-refractivity contribution is 0.549. The summed E-state index contributed by atoms with van der Waals surface area (Å²) >= 11 is 0. The summed E-state index contributed by atoms with van der Waals surface area (Å²) in [5, 5.41) is 1.96. The predicted molar refractivity (Wildman–Crippen MR) is 88.7 cm³/mol. The van der Waals surface area contributed by atoms with E-state index in [0.29, 0.717) is 5.92 Å². The van der Waals surface area contributed by atoms with Crippen molar-refractivity contribution in [3.63, 3.8) is 0 Å². The summed E-state index contributed by atoms with van der Waals surface area (Å²) in [6, 6.07) is 19.9. The van der Waals surface area contributed by atoms with Crippen molar-refractivity contribution in [1.82, 2.24) is 0 Å². The summed E-state index contributed by atoms with van der Waals surface area (Å²) in [4.78, 5) is 0. The van der Waals surface area contributed by atoms with Crippen LogP contribution in [0, 0.1) is 5.92 Å². The van der Waals surface area contributed by atoms with E-state index in [0.717, 1.165) is 29.6 Å². The summed E-state index contributed by atoms with van der Waals surface area (Å²) < 4.78 is 13.7. The van der Waals surface area contributed by atoms with Crippen molar-refractivity contribution in [2.45, 2.75) is 26.7 Å². The molecule has 0 aliphatic rings. The van der Waals surface area contributed by atoms with Gasteiger partial charge in [0.05, 0.1) is 0 Å². The molecule has 20 heavy (non-hydrogen) atoms. The van der Waals surface area contributed by atoms with Gasteiger partial charge >= 0.3 is 0 Å². The van der Waals surface area contributed by atoms with Crippen LogP contribution in [0.3, 0.4) is 0 Å². The summed E-state index contributed by atoms with van der Waals surface area (Å²) in [5.41, 5.74) is 0. The molecule has 0 spiro atoms. The highest BCUT2D eigenvalue weighted by Crippen LogP contribution is 2.45. The van der Waals surface area contributed by atoms with Crippen molar-refractivity contribution in [3.8, 4) is 0 Å². The Morgan fingerprint density at radius 3 is 1.75 bits per heavy atom. The lowest BCUT2D eigenvalue weighted by atomic mass is 10.1. The molecule has 1 unspecified atom stereocenters. The zero-order valence-electron chi connectivity index (χ0n) is 12.3. The molecule has 0 saturated heterocycles. The number of hydrogen-bond donors (Lipinski definition) is 0. The van der Waals surface area contributed by atoms with Crippen LogP contribution in [0.15, 0.2) is 60.7 Å². The highest BCUT2D eigenvalue weighted by atomic mass is 31.2. The summed E-state index contributed by atoms with van der Waals surface area (Å²) in [6.07, 6.45) is 3.03. The number of hydrogen-bond acceptors (Lipinski definition) is 1. The maximum atomic E-state index is 13.7. The lowest BCUT2D eigenvalue weighted by Crippen LogP contribution is -2.21. The molecule has 1 nitrogen and oxygen atoms in total. The molecule has 0 heterocycles. The maximum absolute atomic E-state index is 13.7. The van der Waals surface area contributed by atoms with Crippen LogP contribution >= 0.6 is 7.14 Å². The second-order valence-corrected chi connectivity index (χ2v) is 8.36. The van der Waals surface area contributed by atoms with Gasteiger partial charge in [-0.3, -0.25) is 0 Å². The van der Waals surface area contributed by atoms with E-state index in [1.54, 1.807) is 0 Å². The zero-order valence-corrected chi connectivity index (χ0v) is 13.2. The zero-order chi connectivity index (χ0) is 14.4. The van der Waals surface area contributed by atoms with Crippen LogP contribution in [-0.4, -0.2) is 6.16 Å². The van der Waals surface area contributed by atoms with Gasteiger partial charge in [0.25, 0.3) is 0 Å². The van der Waals surface area contributed by atoms with Crippen LogP contribution in [0.5, 0.6) is 0 Å². The fraction of sp³-hybridized carbons (Fsp3) is 0.333. The summed E-state index contributed by atoms with van der Waals surface area (Å²) in [6.45, 7) is 4.40. The summed E-state index contributed by atoms with van der Waals surface area (Å²) in [7, 11) is -2.51. The average molecular weight is 286 g/mol. The van der Waals surface area contributed by atoms with Crippen molar-refractivity contribution in [2.75, 3.05) is 6.16 Å². The van der Waals surface area contributed by atoms with Gasteiger partial charge in [-0.05, 0) is 5.92 Å². The van der Waals surface area contributed by atoms with Gasteiger partial charge in [-0.2, -0.15) is 0 Å². The predicted octanol–water partition coefficient (Wildman–Crippen LogP) is 4.44. The molecule has 2 aromatic rings. The Morgan fingerprint density at radius 1 is 0.900 bits per heavy atom. The molecule has 2 heteroatoms. The third-order valence-electron chi connectivity index (χ3n) is 3.70. The smallest absolute Gasteiger partial charge is 0.143 e. The molecule has 1 atom stereocenters. The van der Waals surface area contributed by atoms with Gasteiger partial charge in [-0.25, -0.2) is 0 Å². The van der Waals surface area contributed by atoms with Crippen molar-refractivity contribution < 1.29 is 4.57 Å². The normalized spacial score (nSPS) is 13.1. The molecule has 0 aliphatic carbocycles. The third kappa shape index (κ3) is 3.41. The van der Waals surface area contributed by atoms with Gasteiger partial charge in [0.15, 0.2) is 0 Å². The van der Waals surface area contributed by atoms with E-state index in [1.807, 2.05) is 60.7 Å². The Hall–Kier alpha value is -1.33. The molecule has 0 aromatic heterocycles. The van der Waals surface area contributed by atoms with Crippen LogP contribution in [0.2, 0.25) is 0 Å². The number of rotatable bonds is 6. The molecule has 0 bridgehead atoms. The Balaban J connectivity index is 2.42. The minimum atomic E-state index is -2.51. The van der Waals surface area contributed by atoms with Crippen LogP contribution in [0.4, 0.5) is 0 Å². The fourth-order valence-electron chi connectivity index (χ4n) is 2.72. The van der Waals surface area contributed by atoms with Gasteiger partial charge in [-0.1, -0.05) is 87.4 Å². The SMILES string of the molecule is CCCC(C)CP(=O)(c1ccccc1)c1ccccc1. The highest BCUT2D eigenvalue weighted by molar-refractivity contribution is 7.78. The van der Waals surface area contributed by atoms with Gasteiger partial charge in [-0.15, -0.1) is 0 Å². The van der Waals surface area contributed by atoms with Crippen molar-refractivity contribution in [1.29, 1.82) is 0 Å². The quantitative estimate of drug-likeness (QED) is 0.718. The second-order valence-electron chi connectivity index (χ2n) is 5.49. The monoisotopic (exact) mass is 286 g/mol. The van der Waals surface area contributed by atoms with Crippen LogP contribution in [0.1, 0.15) is 26.7 Å². The first-order valence-electron chi connectivity index (χ1n) is 7.37. The first-order valence-corrected chi connectivity index (χ1v) is 9.26. The Kier molecular flexibility index (Phi) is 5.20. The topological polar surface area (TPSA) is 17.1 Å². The van der Waals surface area contributed by atoms with Gasteiger partial charge in [0, 0.05) is 16.8 Å². The molecule has 0 aliphatic heterocycles. The average Bonchev–Trinajstić information content (AvgIpc) is 2.49. The molecule has 0 saturated carbocycles. The molecule has 0 fully saturated rings. The third-order valence-corrected chi connectivity index (χ3v) is 7.10. The minimum Gasteiger partial charge on any atom is -0.314 e. The van der Waals surface area contributed by atoms with E-state index >= 15 is 0 Å². The van der Waals surface area contributed by atoms with Crippen molar-refractivity contribution in [3.05, 3.63) is 60.7 Å². The number of benzene rings is 2. The minimum absolute atomic E-state index is 0.478. The maximum Gasteiger partial charge on any atom is 0.143 e. The van der Waals surface area contributed by atoms with Gasteiger partial charge < -0.3 is 4.57 Å². The summed E-state index contributed by atoms with van der Waals surface area (Å²) in [5.74, 6) is 0.478. The fourth-order valence-corrected chi connectivity index (χ4v) is 5.81. The molecule has 2 rings (SSSR count). The molecule has 0 N–H and O–H groups in total. The van der Waals surface area contributed by atoms with Gasteiger partial charge in [0.1, 0.15) is 7.14 Å². The van der Waals surface area contributed by atoms with E-state index < -0.39 is 7.14 Å². The van der Waals surface area contributed by atoms with E-state index in [-0.39, 0.29) is 0 Å². The first-order chi connectivity index (χ1) is 9.66. The Morgan fingerprint density at radius 2 is 1.35 bits per heavy atom.